The molecule has 0 atom stereocenters. The molecule has 0 aliphatic heterocycles. The van der Waals surface area contributed by atoms with E-state index in [1.165, 1.54) is 0 Å². The number of allylic oxidation sites excluding steroid dienone is 1. The molecule has 0 aromatic rings. The van der Waals surface area contributed by atoms with Gasteiger partial charge in [-0.3, -0.25) is 0 Å². The van der Waals surface area contributed by atoms with E-state index < -0.39 is 29.2 Å². The highest BCUT2D eigenvalue weighted by molar-refractivity contribution is 5.90. The summed E-state index contributed by atoms with van der Waals surface area (Å²) in [5.41, 5.74) is -3.62. The van der Waals surface area contributed by atoms with Crippen LogP contribution < -0.4 is 5.11 Å². The Labute approximate surface area is 80.4 Å². The maximum absolute atomic E-state index is 12.5. The number of carboxylic acids is 1. The van der Waals surface area contributed by atoms with Gasteiger partial charge < -0.3 is 9.90 Å². The summed E-state index contributed by atoms with van der Waals surface area (Å²) in [5, 5.41) is 18.1. The molecule has 0 radical (unpaired) electrons. The third-order valence-corrected chi connectivity index (χ3v) is 1.52. The molecular formula is C7H3F5NO2-. The molecule has 0 aliphatic carbocycles. The molecule has 0 aliphatic rings. The first-order chi connectivity index (χ1) is 6.55. The van der Waals surface area contributed by atoms with Gasteiger partial charge in [-0.05, 0) is 6.92 Å². The molecule has 0 amide bonds. The summed E-state index contributed by atoms with van der Waals surface area (Å²) in [6.45, 7) is 0.210. The van der Waals surface area contributed by atoms with E-state index in [1.807, 2.05) is 0 Å². The maximum Gasteiger partial charge on any atom is 0.457 e. The number of carbonyl (C=O) groups is 1. The Morgan fingerprint density at radius 2 is 1.67 bits per heavy atom. The lowest BCUT2D eigenvalue weighted by Crippen LogP contribution is -2.39. The Bertz CT molecular complexity index is 349. The van der Waals surface area contributed by atoms with Gasteiger partial charge in [0, 0.05) is 5.57 Å². The fraction of sp³-hybridized carbons (Fsp3) is 0.429. The first-order valence-electron chi connectivity index (χ1n) is 3.33. The van der Waals surface area contributed by atoms with Crippen molar-refractivity contribution in [3.05, 3.63) is 11.1 Å². The van der Waals surface area contributed by atoms with E-state index in [9.17, 15) is 31.9 Å². The molecule has 0 spiro atoms. The molecule has 0 aromatic carbocycles. The van der Waals surface area contributed by atoms with E-state index in [4.69, 9.17) is 5.26 Å². The number of hydrogen-bond acceptors (Lipinski definition) is 3. The normalized spacial score (nSPS) is 14.2. The van der Waals surface area contributed by atoms with Gasteiger partial charge in [0.25, 0.3) is 0 Å². The van der Waals surface area contributed by atoms with E-state index in [2.05, 4.69) is 0 Å². The van der Waals surface area contributed by atoms with Crippen molar-refractivity contribution in [1.82, 2.24) is 0 Å². The Kier molecular flexibility index (Phi) is 3.42. The minimum Gasteiger partial charge on any atom is -0.544 e. The number of nitrogens with zero attached hydrogens (tertiary/aromatic N) is 1. The zero-order chi connectivity index (χ0) is 12.4. The quantitative estimate of drug-likeness (QED) is 0.398. The molecule has 0 unspecified atom stereocenters. The molecular weight excluding hydrogens is 225 g/mol. The first-order valence-corrected chi connectivity index (χ1v) is 3.33. The van der Waals surface area contributed by atoms with E-state index in [-0.39, 0.29) is 6.92 Å². The smallest absolute Gasteiger partial charge is 0.457 e. The SMILES string of the molecule is CC(=C(C#N)C(=O)[O-])C(F)(F)C(F)(F)F. The lowest BCUT2D eigenvalue weighted by molar-refractivity contribution is -0.299. The van der Waals surface area contributed by atoms with E-state index in [1.54, 1.807) is 0 Å². The number of alkyl halides is 5. The number of carbonyl (C=O) groups excluding carboxylic acids is 1. The predicted octanol–water partition coefficient (Wildman–Crippen LogP) is 0.774. The molecule has 0 N–H and O–H groups in total. The molecule has 0 aromatic heterocycles. The van der Waals surface area contributed by atoms with Gasteiger partial charge in [-0.2, -0.15) is 27.2 Å². The van der Waals surface area contributed by atoms with Gasteiger partial charge in [0.05, 0.1) is 11.5 Å². The third kappa shape index (κ3) is 2.43. The largest absolute Gasteiger partial charge is 0.544 e. The second kappa shape index (κ2) is 3.84. The van der Waals surface area contributed by atoms with Crippen molar-refractivity contribution in [3.63, 3.8) is 0 Å². The molecule has 84 valence electrons. The highest BCUT2D eigenvalue weighted by Gasteiger charge is 2.59. The molecule has 0 saturated heterocycles. The van der Waals surface area contributed by atoms with E-state index >= 15 is 0 Å². The summed E-state index contributed by atoms with van der Waals surface area (Å²) in [7, 11) is 0. The van der Waals surface area contributed by atoms with Crippen LogP contribution in [-0.4, -0.2) is 18.1 Å². The molecule has 8 heteroatoms. The van der Waals surface area contributed by atoms with Crippen LogP contribution in [0.3, 0.4) is 0 Å². The van der Waals surface area contributed by atoms with Crippen LogP contribution in [0.25, 0.3) is 0 Å². The van der Waals surface area contributed by atoms with Gasteiger partial charge >= 0.3 is 12.1 Å². The van der Waals surface area contributed by atoms with Crippen LogP contribution in [0.1, 0.15) is 6.92 Å². The van der Waals surface area contributed by atoms with Crippen LogP contribution in [0.4, 0.5) is 22.0 Å². The fourth-order valence-corrected chi connectivity index (χ4v) is 0.652. The summed E-state index contributed by atoms with van der Waals surface area (Å²) in [5.74, 6) is -7.74. The summed E-state index contributed by atoms with van der Waals surface area (Å²) in [4.78, 5) is 10.1. The van der Waals surface area contributed by atoms with Crippen LogP contribution in [-0.2, 0) is 4.79 Å². The zero-order valence-corrected chi connectivity index (χ0v) is 7.15. The fourth-order valence-electron chi connectivity index (χ4n) is 0.652. The molecule has 0 rings (SSSR count). The lowest BCUT2D eigenvalue weighted by atomic mass is 10.0. The van der Waals surface area contributed by atoms with Crippen LogP contribution >= 0.6 is 0 Å². The van der Waals surface area contributed by atoms with Gasteiger partial charge in [-0.1, -0.05) is 0 Å². The molecule has 0 heterocycles. The maximum atomic E-state index is 12.5. The van der Waals surface area contributed by atoms with Crippen LogP contribution in [0, 0.1) is 11.3 Å². The average molecular weight is 228 g/mol. The van der Waals surface area contributed by atoms with Crippen LogP contribution in [0.5, 0.6) is 0 Å². The van der Waals surface area contributed by atoms with Crippen molar-refractivity contribution in [3.8, 4) is 6.07 Å². The van der Waals surface area contributed by atoms with Crippen molar-refractivity contribution in [2.45, 2.75) is 19.0 Å². The summed E-state index contributed by atoms with van der Waals surface area (Å²) < 4.78 is 60.2. The van der Waals surface area contributed by atoms with Gasteiger partial charge in [-0.25, -0.2) is 0 Å². The van der Waals surface area contributed by atoms with Crippen LogP contribution in [0.2, 0.25) is 0 Å². The van der Waals surface area contributed by atoms with Gasteiger partial charge in [0.15, 0.2) is 0 Å². The highest BCUT2D eigenvalue weighted by Crippen LogP contribution is 2.41. The molecule has 0 fully saturated rings. The molecule has 3 nitrogen and oxygen atoms in total. The van der Waals surface area contributed by atoms with Crippen LogP contribution in [0.15, 0.2) is 11.1 Å². The Morgan fingerprint density at radius 1 is 1.27 bits per heavy atom. The molecule has 0 bridgehead atoms. The second-order valence-electron chi connectivity index (χ2n) is 2.47. The number of aliphatic carboxylic acids is 1. The monoisotopic (exact) mass is 228 g/mol. The standard InChI is InChI=1S/C7H4F5NO2/c1-3(4(2-13)5(14)15)6(8,9)7(10,11)12/h1H3,(H,14,15)/p-1. The summed E-state index contributed by atoms with van der Waals surface area (Å²) in [6.07, 6.45) is -5.95. The van der Waals surface area contributed by atoms with Crippen molar-refractivity contribution >= 4 is 5.97 Å². The Morgan fingerprint density at radius 3 is 1.87 bits per heavy atom. The number of hydrogen-bond donors (Lipinski definition) is 0. The molecule has 0 saturated carbocycles. The minimum absolute atomic E-state index is 0.210. The van der Waals surface area contributed by atoms with Crippen molar-refractivity contribution in [2.24, 2.45) is 0 Å². The average Bonchev–Trinajstić information content (AvgIpc) is 2.02. The van der Waals surface area contributed by atoms with Crippen molar-refractivity contribution < 1.29 is 31.9 Å². The minimum atomic E-state index is -5.95. The Balaban J connectivity index is 5.61. The Hall–Kier alpha value is -1.65. The number of carboxylic acid groups (broad SMARTS) is 1. The lowest BCUT2D eigenvalue weighted by Gasteiger charge is -2.21. The number of rotatable bonds is 2. The van der Waals surface area contributed by atoms with Gasteiger partial charge in [-0.15, -0.1) is 0 Å². The van der Waals surface area contributed by atoms with Gasteiger partial charge in [0.2, 0.25) is 0 Å². The topological polar surface area (TPSA) is 63.9 Å². The van der Waals surface area contributed by atoms with Crippen molar-refractivity contribution in [1.29, 1.82) is 5.26 Å². The zero-order valence-electron chi connectivity index (χ0n) is 7.15. The first kappa shape index (κ1) is 13.4. The van der Waals surface area contributed by atoms with E-state index in [0.29, 0.717) is 0 Å². The predicted molar refractivity (Wildman–Crippen MR) is 34.3 cm³/mol. The number of nitriles is 1. The third-order valence-electron chi connectivity index (χ3n) is 1.52. The van der Waals surface area contributed by atoms with Gasteiger partial charge in [0.1, 0.15) is 6.07 Å². The molecule has 15 heavy (non-hydrogen) atoms. The highest BCUT2D eigenvalue weighted by atomic mass is 19.4. The second-order valence-corrected chi connectivity index (χ2v) is 2.47. The summed E-state index contributed by atoms with van der Waals surface area (Å²) in [6, 6.07) is 0.717. The van der Waals surface area contributed by atoms with Crippen molar-refractivity contribution in [2.75, 3.05) is 0 Å². The summed E-state index contributed by atoms with van der Waals surface area (Å²) >= 11 is 0. The van der Waals surface area contributed by atoms with E-state index in [0.717, 1.165) is 6.07 Å². The number of halogens is 5.